The topological polar surface area (TPSA) is 143 Å². The maximum Gasteiger partial charge on any atom is 0.266 e. The molecule has 0 bridgehead atoms. The van der Waals surface area contributed by atoms with Crippen LogP contribution in [-0.4, -0.2) is 46.4 Å². The molecule has 0 aliphatic carbocycles. The van der Waals surface area contributed by atoms with Crippen LogP contribution in [0, 0.1) is 0 Å². The van der Waals surface area contributed by atoms with Crippen molar-refractivity contribution in [3.8, 4) is 0 Å². The van der Waals surface area contributed by atoms with Gasteiger partial charge in [0.25, 0.3) is 22.6 Å². The highest BCUT2D eigenvalue weighted by Gasteiger charge is 2.10. The Labute approximate surface area is 140 Å². The van der Waals surface area contributed by atoms with Gasteiger partial charge >= 0.3 is 0 Å². The van der Waals surface area contributed by atoms with Gasteiger partial charge in [-0.15, -0.1) is 0 Å². The third-order valence-corrected chi connectivity index (χ3v) is 4.77. The predicted octanol–water partition coefficient (Wildman–Crippen LogP) is 3.06. The van der Waals surface area contributed by atoms with Crippen LogP contribution in [0.1, 0.15) is 27.7 Å². The van der Waals surface area contributed by atoms with Crippen molar-refractivity contribution in [2.24, 2.45) is 11.0 Å². The van der Waals surface area contributed by atoms with Gasteiger partial charge in [-0.1, -0.05) is 6.92 Å². The quantitative estimate of drug-likeness (QED) is 0.526. The molecule has 0 saturated carbocycles. The Morgan fingerprint density at radius 1 is 0.739 bits per heavy atom. The maximum absolute atomic E-state index is 11.1. The zero-order chi connectivity index (χ0) is 19.2. The van der Waals surface area contributed by atoms with E-state index in [1.807, 2.05) is 13.8 Å². The molecule has 0 aromatic rings. The van der Waals surface area contributed by atoms with Crippen LogP contribution in [0.3, 0.4) is 0 Å². The summed E-state index contributed by atoms with van der Waals surface area (Å²) in [4.78, 5) is 0. The SMILES string of the molecule is CCNP(C)(=O)OCC.CCOP(C)(N)=O.CCOP(C)(N)=O. The molecule has 0 fully saturated rings. The van der Waals surface area contributed by atoms with Crippen molar-refractivity contribution in [1.29, 1.82) is 0 Å². The molecule has 23 heavy (non-hydrogen) atoms. The average Bonchev–Trinajstić information content (AvgIpc) is 2.26. The Morgan fingerprint density at radius 2 is 1.04 bits per heavy atom. The first-order chi connectivity index (χ1) is 10.2. The van der Waals surface area contributed by atoms with Gasteiger partial charge in [0.15, 0.2) is 0 Å². The predicted molar refractivity (Wildman–Crippen MR) is 97.5 cm³/mol. The van der Waals surface area contributed by atoms with Crippen LogP contribution in [-0.2, 0) is 27.3 Å². The standard InChI is InChI=1S/C5H14NO2P.2C3H10NO2P/c1-4-6-9(3,7)8-5-2;2*1-3-6-7(2,4)5/h4-5H2,1-3H3,(H,6,7);2*3H2,1-2H3,(H2,4,5). The highest BCUT2D eigenvalue weighted by atomic mass is 31.2. The molecule has 0 aromatic heterocycles. The van der Waals surface area contributed by atoms with E-state index in [0.29, 0.717) is 26.4 Å². The fraction of sp³-hybridized carbons (Fsp3) is 1.00. The van der Waals surface area contributed by atoms with Gasteiger partial charge in [-0.05, 0) is 20.8 Å². The number of rotatable bonds is 8. The highest BCUT2D eigenvalue weighted by Crippen LogP contribution is 2.36. The zero-order valence-corrected chi connectivity index (χ0v) is 18.0. The molecule has 0 aliphatic rings. The Bertz CT molecular complexity index is 376. The largest absolute Gasteiger partial charge is 0.318 e. The molecule has 0 rings (SSSR count). The molecule has 0 radical (unpaired) electrons. The van der Waals surface area contributed by atoms with Crippen LogP contribution >= 0.6 is 22.6 Å². The van der Waals surface area contributed by atoms with E-state index >= 15 is 0 Å². The summed E-state index contributed by atoms with van der Waals surface area (Å²) in [6.45, 7) is 13.6. The van der Waals surface area contributed by atoms with E-state index in [1.54, 1.807) is 20.5 Å². The lowest BCUT2D eigenvalue weighted by molar-refractivity contribution is 0.329. The minimum absolute atomic E-state index is 0.421. The van der Waals surface area contributed by atoms with Crippen molar-refractivity contribution < 1.29 is 27.3 Å². The van der Waals surface area contributed by atoms with Gasteiger partial charge < -0.3 is 13.6 Å². The van der Waals surface area contributed by atoms with Crippen LogP contribution in [0.4, 0.5) is 0 Å². The van der Waals surface area contributed by atoms with Gasteiger partial charge in [-0.2, -0.15) is 0 Å². The first-order valence-electron chi connectivity index (χ1n) is 7.23. The van der Waals surface area contributed by atoms with E-state index in [1.165, 1.54) is 13.3 Å². The molecule has 3 atom stereocenters. The number of hydrogen-bond donors (Lipinski definition) is 3. The molecule has 3 unspecified atom stereocenters. The summed E-state index contributed by atoms with van der Waals surface area (Å²) in [6.07, 6.45) is 0. The van der Waals surface area contributed by atoms with Crippen molar-refractivity contribution in [3.05, 3.63) is 0 Å². The van der Waals surface area contributed by atoms with Crippen LogP contribution in [0.2, 0.25) is 0 Å². The fourth-order valence-corrected chi connectivity index (χ4v) is 3.28. The van der Waals surface area contributed by atoms with E-state index in [0.717, 1.165) is 0 Å². The van der Waals surface area contributed by atoms with E-state index in [9.17, 15) is 13.7 Å². The molecular weight excluding hydrogens is 363 g/mol. The Balaban J connectivity index is -0.000000264. The summed E-state index contributed by atoms with van der Waals surface area (Å²) in [5.74, 6) is 0. The fourth-order valence-electron chi connectivity index (χ4n) is 1.09. The van der Waals surface area contributed by atoms with E-state index in [-0.39, 0.29) is 0 Å². The molecule has 0 aliphatic heterocycles. The summed E-state index contributed by atoms with van der Waals surface area (Å²) in [5, 5.41) is 2.76. The van der Waals surface area contributed by atoms with Gasteiger partial charge in [-0.3, -0.25) is 24.7 Å². The van der Waals surface area contributed by atoms with Crippen LogP contribution < -0.4 is 16.1 Å². The van der Waals surface area contributed by atoms with Crippen molar-refractivity contribution >= 4 is 22.6 Å². The molecule has 0 saturated heterocycles. The van der Waals surface area contributed by atoms with Crippen molar-refractivity contribution in [1.82, 2.24) is 5.09 Å². The lowest BCUT2D eigenvalue weighted by Gasteiger charge is -2.11. The van der Waals surface area contributed by atoms with Crippen molar-refractivity contribution in [2.75, 3.05) is 46.4 Å². The van der Waals surface area contributed by atoms with Crippen LogP contribution in [0.5, 0.6) is 0 Å². The third-order valence-electron chi connectivity index (χ3n) is 1.59. The van der Waals surface area contributed by atoms with Gasteiger partial charge in [-0.25, -0.2) is 5.09 Å². The van der Waals surface area contributed by atoms with Gasteiger partial charge in [0.1, 0.15) is 0 Å². The minimum Gasteiger partial charge on any atom is -0.318 e. The molecule has 5 N–H and O–H groups in total. The van der Waals surface area contributed by atoms with Crippen LogP contribution in [0.15, 0.2) is 0 Å². The second-order valence-electron chi connectivity index (χ2n) is 4.43. The normalized spacial score (nSPS) is 18.1. The number of nitrogens with one attached hydrogen (secondary N) is 1. The monoisotopic (exact) mass is 397 g/mol. The number of hydrogen-bond acceptors (Lipinski definition) is 6. The van der Waals surface area contributed by atoms with Crippen molar-refractivity contribution in [3.63, 3.8) is 0 Å². The van der Waals surface area contributed by atoms with Gasteiger partial charge in [0.2, 0.25) is 0 Å². The smallest absolute Gasteiger partial charge is 0.266 e. The Morgan fingerprint density at radius 3 is 1.17 bits per heavy atom. The Kier molecular flexibility index (Phi) is 18.1. The van der Waals surface area contributed by atoms with E-state index in [2.05, 4.69) is 14.1 Å². The summed E-state index contributed by atoms with van der Waals surface area (Å²) in [6, 6.07) is 0. The molecule has 0 heterocycles. The molecule has 9 nitrogen and oxygen atoms in total. The van der Waals surface area contributed by atoms with E-state index in [4.69, 9.17) is 15.5 Å². The molecule has 12 heteroatoms. The first-order valence-corrected chi connectivity index (χ1v) is 13.6. The lowest BCUT2D eigenvalue weighted by Crippen LogP contribution is -2.10. The molecular formula is C11H34N3O6P3. The number of nitrogens with two attached hydrogens (primary N) is 2. The molecule has 0 amide bonds. The third kappa shape index (κ3) is 34.7. The second kappa shape index (κ2) is 14.8. The van der Waals surface area contributed by atoms with Gasteiger partial charge in [0.05, 0.1) is 19.8 Å². The summed E-state index contributed by atoms with van der Waals surface area (Å²) < 4.78 is 45.9. The lowest BCUT2D eigenvalue weighted by atomic mass is 10.8. The first kappa shape index (κ1) is 28.3. The highest BCUT2D eigenvalue weighted by molar-refractivity contribution is 7.56. The Hall–Kier alpha value is 0.450. The van der Waals surface area contributed by atoms with Crippen molar-refractivity contribution in [2.45, 2.75) is 27.7 Å². The molecule has 144 valence electrons. The molecule has 0 aromatic carbocycles. The maximum atomic E-state index is 11.1. The second-order valence-corrected chi connectivity index (χ2v) is 10.8. The zero-order valence-electron chi connectivity index (χ0n) is 15.3. The van der Waals surface area contributed by atoms with Gasteiger partial charge in [0, 0.05) is 26.5 Å². The summed E-state index contributed by atoms with van der Waals surface area (Å²) in [7, 11) is -7.77. The molecule has 0 spiro atoms. The minimum atomic E-state index is -2.67. The summed E-state index contributed by atoms with van der Waals surface area (Å²) >= 11 is 0. The summed E-state index contributed by atoms with van der Waals surface area (Å²) in [5.41, 5.74) is 9.96. The van der Waals surface area contributed by atoms with Crippen LogP contribution in [0.25, 0.3) is 0 Å². The van der Waals surface area contributed by atoms with E-state index < -0.39 is 22.6 Å². The average molecular weight is 397 g/mol.